The number of rotatable bonds is 6. The van der Waals surface area contributed by atoms with Crippen LogP contribution >= 0.6 is 0 Å². The highest BCUT2D eigenvalue weighted by Crippen LogP contribution is 2.35. The van der Waals surface area contributed by atoms with Gasteiger partial charge in [0.15, 0.2) is 0 Å². The fraction of sp³-hybridized carbons (Fsp3) is 0.462. The predicted octanol–water partition coefficient (Wildman–Crippen LogP) is 4.74. The summed E-state index contributed by atoms with van der Waals surface area (Å²) in [5.41, 5.74) is 2.09. The number of pyridine rings is 3. The van der Waals surface area contributed by atoms with Crippen LogP contribution in [0.5, 0.6) is 11.6 Å². The van der Waals surface area contributed by atoms with Gasteiger partial charge in [-0.25, -0.2) is 4.98 Å². The van der Waals surface area contributed by atoms with Crippen LogP contribution in [0.15, 0.2) is 41.3 Å². The third-order valence-corrected chi connectivity index (χ3v) is 6.42. The molecule has 8 heteroatoms. The molecule has 0 spiro atoms. The lowest BCUT2D eigenvalue weighted by Gasteiger charge is -2.43. The fourth-order valence-electron chi connectivity index (χ4n) is 4.59. The number of hydrogen-bond donors (Lipinski definition) is 0. The van der Waals surface area contributed by atoms with Gasteiger partial charge >= 0.3 is 0 Å². The third kappa shape index (κ3) is 4.69. The Labute approximate surface area is 200 Å². The molecule has 1 aliphatic heterocycles. The Balaban J connectivity index is 1.61. The maximum atomic E-state index is 12.7. The lowest BCUT2D eigenvalue weighted by atomic mass is 9.88. The Hall–Kier alpha value is -3.60. The van der Waals surface area contributed by atoms with Gasteiger partial charge in [0.2, 0.25) is 11.4 Å². The van der Waals surface area contributed by atoms with Gasteiger partial charge in [0, 0.05) is 44.1 Å². The van der Waals surface area contributed by atoms with Crippen molar-refractivity contribution in [3.8, 4) is 11.6 Å². The van der Waals surface area contributed by atoms with Crippen molar-refractivity contribution in [2.75, 3.05) is 11.4 Å². The number of piperidine rings is 1. The minimum atomic E-state index is -0.0913. The first-order valence-electron chi connectivity index (χ1n) is 11.7. The van der Waals surface area contributed by atoms with Crippen LogP contribution in [0.2, 0.25) is 0 Å². The summed E-state index contributed by atoms with van der Waals surface area (Å²) in [6, 6.07) is 8.95. The number of aromatic nitrogens is 3. The second-order valence-electron chi connectivity index (χ2n) is 9.14. The van der Waals surface area contributed by atoms with Crippen molar-refractivity contribution in [1.82, 2.24) is 14.5 Å². The molecule has 178 valence electrons. The molecule has 3 aromatic rings. The molecular weight excluding hydrogens is 430 g/mol. The number of aryl methyl sites for hydroxylation is 1. The average Bonchev–Trinajstić information content (AvgIpc) is 2.82. The van der Waals surface area contributed by atoms with Crippen molar-refractivity contribution in [3.63, 3.8) is 0 Å². The molecule has 8 nitrogen and oxygen atoms in total. The molecule has 1 aliphatic rings. The van der Waals surface area contributed by atoms with Gasteiger partial charge in [-0.1, -0.05) is 13.5 Å². The SMILES string of the molecule is [C-]#[N+]c1ccc2c(n1)c(N1C[C@@H](CC)[C@@H](Oc3ccc(OC(C)C)cn3)C[C@H]1C)cc(=O)n2C. The summed E-state index contributed by atoms with van der Waals surface area (Å²) in [6.45, 7) is 16.3. The van der Waals surface area contributed by atoms with Crippen LogP contribution in [0.25, 0.3) is 15.9 Å². The topological polar surface area (TPSA) is 73.8 Å². The minimum Gasteiger partial charge on any atom is -0.489 e. The molecule has 0 aromatic carbocycles. The first-order chi connectivity index (χ1) is 16.3. The highest BCUT2D eigenvalue weighted by Gasteiger charge is 2.36. The molecule has 1 saturated heterocycles. The van der Waals surface area contributed by atoms with Gasteiger partial charge in [0.05, 0.1) is 23.5 Å². The van der Waals surface area contributed by atoms with Crippen molar-refractivity contribution in [2.45, 2.75) is 58.8 Å². The van der Waals surface area contributed by atoms with Gasteiger partial charge < -0.3 is 23.8 Å². The minimum absolute atomic E-state index is 0.00480. The molecular formula is C26H31N5O3. The van der Waals surface area contributed by atoms with E-state index >= 15 is 0 Å². The molecule has 3 atom stereocenters. The maximum absolute atomic E-state index is 12.7. The molecule has 0 radical (unpaired) electrons. The van der Waals surface area contributed by atoms with Crippen molar-refractivity contribution in [2.24, 2.45) is 13.0 Å². The number of nitrogens with zero attached hydrogens (tertiary/aromatic N) is 5. The number of anilines is 1. The van der Waals surface area contributed by atoms with Gasteiger partial charge in [-0.3, -0.25) is 4.79 Å². The Kier molecular flexibility index (Phi) is 6.73. The average molecular weight is 462 g/mol. The Morgan fingerprint density at radius 1 is 1.26 bits per heavy atom. The lowest BCUT2D eigenvalue weighted by Crippen LogP contribution is -2.50. The van der Waals surface area contributed by atoms with E-state index in [-0.39, 0.29) is 29.7 Å². The highest BCUT2D eigenvalue weighted by molar-refractivity contribution is 5.89. The molecule has 0 amide bonds. The van der Waals surface area contributed by atoms with Crippen LogP contribution in [0.4, 0.5) is 11.5 Å². The van der Waals surface area contributed by atoms with E-state index in [1.54, 1.807) is 36.0 Å². The summed E-state index contributed by atoms with van der Waals surface area (Å²) >= 11 is 0. The molecule has 0 aliphatic carbocycles. The molecule has 4 heterocycles. The molecule has 0 unspecified atom stereocenters. The van der Waals surface area contributed by atoms with Crippen LogP contribution in [0, 0.1) is 12.5 Å². The van der Waals surface area contributed by atoms with Crippen LogP contribution in [0.1, 0.15) is 40.5 Å². The monoisotopic (exact) mass is 461 g/mol. The van der Waals surface area contributed by atoms with E-state index < -0.39 is 0 Å². The Morgan fingerprint density at radius 2 is 2.06 bits per heavy atom. The molecule has 34 heavy (non-hydrogen) atoms. The van der Waals surface area contributed by atoms with E-state index in [1.165, 1.54) is 0 Å². The second kappa shape index (κ2) is 9.72. The van der Waals surface area contributed by atoms with E-state index in [0.29, 0.717) is 17.2 Å². The largest absolute Gasteiger partial charge is 0.489 e. The molecule has 0 bridgehead atoms. The summed E-state index contributed by atoms with van der Waals surface area (Å²) in [7, 11) is 1.73. The number of hydrogen-bond acceptors (Lipinski definition) is 6. The molecule has 4 rings (SSSR count). The van der Waals surface area contributed by atoms with E-state index in [2.05, 4.69) is 33.6 Å². The quantitative estimate of drug-likeness (QED) is 0.494. The normalized spacial score (nSPS) is 20.4. The van der Waals surface area contributed by atoms with E-state index in [0.717, 1.165) is 36.3 Å². The number of fused-ring (bicyclic) bond motifs is 1. The van der Waals surface area contributed by atoms with E-state index in [4.69, 9.17) is 16.0 Å². The summed E-state index contributed by atoms with van der Waals surface area (Å²) in [5, 5.41) is 0. The second-order valence-corrected chi connectivity index (χ2v) is 9.14. The van der Waals surface area contributed by atoms with Crippen LogP contribution in [-0.4, -0.2) is 39.3 Å². The zero-order valence-electron chi connectivity index (χ0n) is 20.4. The van der Waals surface area contributed by atoms with Crippen molar-refractivity contribution in [3.05, 3.63) is 58.3 Å². The van der Waals surface area contributed by atoms with Crippen molar-refractivity contribution < 1.29 is 9.47 Å². The zero-order chi connectivity index (χ0) is 24.4. The van der Waals surface area contributed by atoms with Gasteiger partial charge in [0.1, 0.15) is 11.9 Å². The highest BCUT2D eigenvalue weighted by atomic mass is 16.5. The van der Waals surface area contributed by atoms with Gasteiger partial charge in [-0.2, -0.15) is 0 Å². The molecule has 1 fully saturated rings. The molecule has 0 N–H and O–H groups in total. The first-order valence-corrected chi connectivity index (χ1v) is 11.7. The third-order valence-electron chi connectivity index (χ3n) is 6.42. The van der Waals surface area contributed by atoms with Crippen LogP contribution in [0.3, 0.4) is 0 Å². The zero-order valence-corrected chi connectivity index (χ0v) is 20.4. The Morgan fingerprint density at radius 3 is 2.71 bits per heavy atom. The Bertz CT molecular complexity index is 1260. The van der Waals surface area contributed by atoms with E-state index in [9.17, 15) is 4.79 Å². The van der Waals surface area contributed by atoms with Crippen LogP contribution in [-0.2, 0) is 7.05 Å². The molecule has 3 aromatic heterocycles. The summed E-state index contributed by atoms with van der Waals surface area (Å²) in [6.07, 6.45) is 3.50. The van der Waals surface area contributed by atoms with E-state index in [1.807, 2.05) is 26.0 Å². The predicted molar refractivity (Wildman–Crippen MR) is 133 cm³/mol. The van der Waals surface area contributed by atoms with Gasteiger partial charge in [-0.05, 0) is 45.4 Å². The lowest BCUT2D eigenvalue weighted by molar-refractivity contribution is 0.0911. The van der Waals surface area contributed by atoms with Crippen LogP contribution < -0.4 is 19.9 Å². The molecule has 0 saturated carbocycles. The van der Waals surface area contributed by atoms with Gasteiger partial charge in [0.25, 0.3) is 11.4 Å². The standard InChI is InChI=1S/C26H31N5O3/c1-7-18-15-31(21-13-25(32)30(6)20-9-10-23(27-5)29-26(20)21)17(4)12-22(18)34-24-11-8-19(14-28-24)33-16(2)3/h8-11,13-14,16-18,22H,7,12,15H2,1-4,6H3/t17-,18-,22+/m1/s1. The summed E-state index contributed by atoms with van der Waals surface area (Å²) in [4.78, 5) is 27.4. The first kappa shape index (κ1) is 23.6. The summed E-state index contributed by atoms with van der Waals surface area (Å²) < 4.78 is 13.6. The van der Waals surface area contributed by atoms with Crippen molar-refractivity contribution >= 4 is 22.5 Å². The van der Waals surface area contributed by atoms with Crippen molar-refractivity contribution in [1.29, 1.82) is 0 Å². The smallest absolute Gasteiger partial charge is 0.270 e. The summed E-state index contributed by atoms with van der Waals surface area (Å²) in [5.74, 6) is 1.87. The maximum Gasteiger partial charge on any atom is 0.270 e. The fourth-order valence-corrected chi connectivity index (χ4v) is 4.59. The van der Waals surface area contributed by atoms with Gasteiger partial charge in [-0.15, -0.1) is 4.98 Å². The number of ether oxygens (including phenoxy) is 2.